The number of likely N-dealkylation sites (N-methyl/N-ethyl adjacent to an activating group) is 1. The molecule has 6 nitrogen and oxygen atoms in total. The van der Waals surface area contributed by atoms with Crippen molar-refractivity contribution in [1.82, 2.24) is 4.90 Å². The number of carbonyl (C=O) groups excluding carboxylic acids is 1. The van der Waals surface area contributed by atoms with Gasteiger partial charge in [0.15, 0.2) is 0 Å². The summed E-state index contributed by atoms with van der Waals surface area (Å²) in [7, 11) is 1.67. The minimum atomic E-state index is -0.833. The maximum Gasteiger partial charge on any atom is 0.295 e. The van der Waals surface area contributed by atoms with Gasteiger partial charge in [-0.3, -0.25) is 14.9 Å². The highest BCUT2D eigenvalue weighted by Crippen LogP contribution is 2.31. The third-order valence-corrected chi connectivity index (χ3v) is 3.51. The van der Waals surface area contributed by atoms with Crippen molar-refractivity contribution in [2.45, 2.75) is 18.9 Å². The second kappa shape index (κ2) is 5.62. The lowest BCUT2D eigenvalue weighted by atomic mass is 10.1. The highest BCUT2D eigenvalue weighted by atomic mass is 35.5. The molecular formula is C12H13ClFN3O3. The summed E-state index contributed by atoms with van der Waals surface area (Å²) in [6.07, 6.45) is 0.937. The van der Waals surface area contributed by atoms with E-state index in [0.717, 1.165) is 6.07 Å². The Bertz CT molecular complexity index is 567. The van der Waals surface area contributed by atoms with E-state index < -0.39 is 10.7 Å². The fourth-order valence-electron chi connectivity index (χ4n) is 2.15. The van der Waals surface area contributed by atoms with Gasteiger partial charge in [0.2, 0.25) is 5.91 Å². The van der Waals surface area contributed by atoms with Crippen molar-refractivity contribution in [3.8, 4) is 0 Å². The number of amides is 1. The molecule has 0 aromatic heterocycles. The molecule has 1 aromatic carbocycles. The standard InChI is InChI=1S/C12H13ClFN3O3/c1-16-6-7(2-3-12(16)18)15-10-4-8(13)9(14)5-11(10)17(19)20/h4-5,7,15H,2-3,6H2,1H3. The molecule has 108 valence electrons. The number of benzene rings is 1. The Morgan fingerprint density at radius 3 is 2.85 bits per heavy atom. The van der Waals surface area contributed by atoms with Crippen molar-refractivity contribution < 1.29 is 14.1 Å². The van der Waals surface area contributed by atoms with Gasteiger partial charge in [0.05, 0.1) is 16.0 Å². The van der Waals surface area contributed by atoms with Crippen molar-refractivity contribution in [3.05, 3.63) is 33.1 Å². The Kier molecular flexibility index (Phi) is 4.08. The van der Waals surface area contributed by atoms with E-state index in [0.29, 0.717) is 19.4 Å². The molecule has 2 rings (SSSR count). The molecule has 1 heterocycles. The first-order valence-electron chi connectivity index (χ1n) is 6.02. The first kappa shape index (κ1) is 14.5. The zero-order chi connectivity index (χ0) is 14.9. The van der Waals surface area contributed by atoms with Crippen LogP contribution in [0.15, 0.2) is 12.1 Å². The van der Waals surface area contributed by atoms with E-state index in [1.165, 1.54) is 6.07 Å². The van der Waals surface area contributed by atoms with Crippen molar-refractivity contribution in [3.63, 3.8) is 0 Å². The zero-order valence-electron chi connectivity index (χ0n) is 10.7. The predicted octanol–water partition coefficient (Wildman–Crippen LogP) is 2.42. The summed E-state index contributed by atoms with van der Waals surface area (Å²) in [6, 6.07) is 1.87. The minimum absolute atomic E-state index is 0.0367. The molecule has 1 unspecified atom stereocenters. The normalized spacial score (nSPS) is 19.1. The molecular weight excluding hydrogens is 289 g/mol. The smallest absolute Gasteiger partial charge is 0.295 e. The van der Waals surface area contributed by atoms with Gasteiger partial charge < -0.3 is 10.2 Å². The van der Waals surface area contributed by atoms with Crippen LogP contribution in [-0.2, 0) is 4.79 Å². The summed E-state index contributed by atoms with van der Waals surface area (Å²) in [4.78, 5) is 23.2. The van der Waals surface area contributed by atoms with Crippen LogP contribution in [0.5, 0.6) is 0 Å². The van der Waals surface area contributed by atoms with E-state index >= 15 is 0 Å². The largest absolute Gasteiger partial charge is 0.375 e. The third-order valence-electron chi connectivity index (χ3n) is 3.22. The lowest BCUT2D eigenvalue weighted by Crippen LogP contribution is -2.43. The molecule has 1 saturated heterocycles. The number of rotatable bonds is 3. The summed E-state index contributed by atoms with van der Waals surface area (Å²) in [5.74, 6) is -0.797. The van der Waals surface area contributed by atoms with Crippen LogP contribution in [0.1, 0.15) is 12.8 Å². The maximum absolute atomic E-state index is 13.3. The molecule has 0 radical (unpaired) electrons. The number of halogens is 2. The number of piperidine rings is 1. The van der Waals surface area contributed by atoms with Gasteiger partial charge in [-0.1, -0.05) is 11.6 Å². The Morgan fingerprint density at radius 1 is 1.55 bits per heavy atom. The van der Waals surface area contributed by atoms with E-state index in [1.807, 2.05) is 0 Å². The molecule has 20 heavy (non-hydrogen) atoms. The lowest BCUT2D eigenvalue weighted by molar-refractivity contribution is -0.384. The predicted molar refractivity (Wildman–Crippen MR) is 72.3 cm³/mol. The average Bonchev–Trinajstić information content (AvgIpc) is 2.37. The van der Waals surface area contributed by atoms with Crippen LogP contribution in [-0.4, -0.2) is 35.4 Å². The van der Waals surface area contributed by atoms with E-state index in [4.69, 9.17) is 11.6 Å². The van der Waals surface area contributed by atoms with Gasteiger partial charge in [0, 0.05) is 26.1 Å². The highest BCUT2D eigenvalue weighted by molar-refractivity contribution is 6.31. The summed E-state index contributed by atoms with van der Waals surface area (Å²) in [5.41, 5.74) is -0.208. The molecule has 1 aliphatic heterocycles. The van der Waals surface area contributed by atoms with Gasteiger partial charge in [-0.2, -0.15) is 0 Å². The van der Waals surface area contributed by atoms with E-state index in [9.17, 15) is 19.3 Å². The van der Waals surface area contributed by atoms with Crippen molar-refractivity contribution in [2.75, 3.05) is 18.9 Å². The van der Waals surface area contributed by atoms with Crippen molar-refractivity contribution in [1.29, 1.82) is 0 Å². The Labute approximate surface area is 119 Å². The summed E-state index contributed by atoms with van der Waals surface area (Å²) >= 11 is 5.66. The Balaban J connectivity index is 2.22. The molecule has 1 aromatic rings. The number of nitrogens with zero attached hydrogens (tertiary/aromatic N) is 2. The molecule has 1 fully saturated rings. The summed E-state index contributed by atoms with van der Waals surface area (Å²) in [6.45, 7) is 0.435. The SMILES string of the molecule is CN1CC(Nc2cc(Cl)c(F)cc2[N+](=O)[O-])CCC1=O. The number of hydrogen-bond donors (Lipinski definition) is 1. The quantitative estimate of drug-likeness (QED) is 0.687. The number of nitro benzene ring substituents is 1. The molecule has 0 bridgehead atoms. The summed E-state index contributed by atoms with van der Waals surface area (Å²) < 4.78 is 13.3. The van der Waals surface area contributed by atoms with Gasteiger partial charge in [0.25, 0.3) is 5.69 Å². The highest BCUT2D eigenvalue weighted by Gasteiger charge is 2.25. The van der Waals surface area contributed by atoms with Crippen LogP contribution in [0.2, 0.25) is 5.02 Å². The lowest BCUT2D eigenvalue weighted by Gasteiger charge is -2.30. The number of hydrogen-bond acceptors (Lipinski definition) is 4. The monoisotopic (exact) mass is 301 g/mol. The molecule has 0 aliphatic carbocycles. The van der Waals surface area contributed by atoms with E-state index in [2.05, 4.69) is 5.32 Å². The number of nitro groups is 1. The summed E-state index contributed by atoms with van der Waals surface area (Å²) in [5, 5.41) is 13.7. The van der Waals surface area contributed by atoms with Crippen LogP contribution in [0.25, 0.3) is 0 Å². The van der Waals surface area contributed by atoms with Crippen LogP contribution in [0.3, 0.4) is 0 Å². The number of likely N-dealkylation sites (tertiary alicyclic amines) is 1. The maximum atomic E-state index is 13.3. The number of carbonyl (C=O) groups is 1. The topological polar surface area (TPSA) is 75.5 Å². The fraction of sp³-hybridized carbons (Fsp3) is 0.417. The van der Waals surface area contributed by atoms with Gasteiger partial charge in [0.1, 0.15) is 11.5 Å². The van der Waals surface area contributed by atoms with E-state index in [1.54, 1.807) is 11.9 Å². The first-order valence-corrected chi connectivity index (χ1v) is 6.40. The fourth-order valence-corrected chi connectivity index (χ4v) is 2.32. The second-order valence-corrected chi connectivity index (χ2v) is 5.10. The minimum Gasteiger partial charge on any atom is -0.375 e. The van der Waals surface area contributed by atoms with Crippen molar-refractivity contribution in [2.24, 2.45) is 0 Å². The first-order chi connectivity index (χ1) is 9.38. The average molecular weight is 302 g/mol. The Morgan fingerprint density at radius 2 is 2.25 bits per heavy atom. The molecule has 0 saturated carbocycles. The molecule has 1 amide bonds. The molecule has 1 N–H and O–H groups in total. The number of anilines is 1. The zero-order valence-corrected chi connectivity index (χ0v) is 11.5. The third kappa shape index (κ3) is 2.98. The van der Waals surface area contributed by atoms with Gasteiger partial charge in [-0.25, -0.2) is 4.39 Å². The van der Waals surface area contributed by atoms with Crippen LogP contribution >= 0.6 is 11.6 Å². The van der Waals surface area contributed by atoms with Gasteiger partial charge >= 0.3 is 0 Å². The second-order valence-electron chi connectivity index (χ2n) is 4.69. The van der Waals surface area contributed by atoms with Crippen LogP contribution < -0.4 is 5.32 Å². The molecule has 8 heteroatoms. The van der Waals surface area contributed by atoms with E-state index in [-0.39, 0.29) is 28.3 Å². The Hall–Kier alpha value is -1.89. The van der Waals surface area contributed by atoms with Crippen LogP contribution in [0, 0.1) is 15.9 Å². The van der Waals surface area contributed by atoms with Crippen LogP contribution in [0.4, 0.5) is 15.8 Å². The van der Waals surface area contributed by atoms with Crippen molar-refractivity contribution >= 4 is 28.9 Å². The molecule has 0 spiro atoms. The van der Waals surface area contributed by atoms with Gasteiger partial charge in [-0.15, -0.1) is 0 Å². The number of nitrogens with one attached hydrogen (secondary N) is 1. The molecule has 1 atom stereocenters. The van der Waals surface area contributed by atoms with Gasteiger partial charge in [-0.05, 0) is 12.5 Å². The molecule has 1 aliphatic rings.